The van der Waals surface area contributed by atoms with E-state index in [0.717, 1.165) is 11.3 Å². The number of benzene rings is 1. The van der Waals surface area contributed by atoms with Crippen LogP contribution in [-0.4, -0.2) is 19.9 Å². The van der Waals surface area contributed by atoms with Crippen molar-refractivity contribution in [1.29, 1.82) is 0 Å². The van der Waals surface area contributed by atoms with Crippen LogP contribution in [0.15, 0.2) is 52.0 Å². The molecule has 1 aromatic heterocycles. The molecule has 0 fully saturated rings. The molecule has 1 heterocycles. The molecule has 20 heavy (non-hydrogen) atoms. The van der Waals surface area contributed by atoms with E-state index in [-0.39, 0.29) is 4.90 Å². The maximum absolute atomic E-state index is 12.2. The van der Waals surface area contributed by atoms with Gasteiger partial charge in [-0.2, -0.15) is 0 Å². The van der Waals surface area contributed by atoms with Crippen LogP contribution in [0.5, 0.6) is 0 Å². The minimum Gasteiger partial charge on any atom is -0.261 e. The minimum atomic E-state index is -3.50. The Labute approximate surface area is 127 Å². The number of rotatable bonds is 5. The summed E-state index contributed by atoms with van der Waals surface area (Å²) in [6.07, 6.45) is 2.25. The molecule has 6 heteroatoms. The third kappa shape index (κ3) is 3.88. The first-order chi connectivity index (χ1) is 9.49. The molecule has 1 N–H and O–H groups in total. The predicted molar refractivity (Wildman–Crippen MR) is 82.0 cm³/mol. The molecule has 0 unspecified atom stereocenters. The number of nitrogens with one attached hydrogen (secondary N) is 1. The van der Waals surface area contributed by atoms with Crippen molar-refractivity contribution >= 4 is 26.0 Å². The van der Waals surface area contributed by atoms with Gasteiger partial charge in [0.15, 0.2) is 0 Å². The third-order valence-corrected chi connectivity index (χ3v) is 5.21. The van der Waals surface area contributed by atoms with Gasteiger partial charge >= 0.3 is 0 Å². The summed E-state index contributed by atoms with van der Waals surface area (Å²) in [4.78, 5) is 4.41. The highest BCUT2D eigenvalue weighted by molar-refractivity contribution is 9.10. The van der Waals surface area contributed by atoms with Gasteiger partial charge in [-0.25, -0.2) is 13.1 Å². The van der Waals surface area contributed by atoms with Crippen molar-refractivity contribution in [3.63, 3.8) is 0 Å². The van der Waals surface area contributed by atoms with Crippen LogP contribution < -0.4 is 4.72 Å². The van der Waals surface area contributed by atoms with Crippen molar-refractivity contribution in [2.24, 2.45) is 0 Å². The lowest BCUT2D eigenvalue weighted by Gasteiger charge is -2.09. The molecule has 0 spiro atoms. The fraction of sp³-hybridized carbons (Fsp3) is 0.214. The van der Waals surface area contributed by atoms with Gasteiger partial charge < -0.3 is 0 Å². The van der Waals surface area contributed by atoms with E-state index < -0.39 is 10.0 Å². The van der Waals surface area contributed by atoms with E-state index in [0.29, 0.717) is 17.4 Å². The maximum atomic E-state index is 12.2. The average Bonchev–Trinajstić information content (AvgIpc) is 2.39. The zero-order valence-electron chi connectivity index (χ0n) is 11.0. The second kappa shape index (κ2) is 6.47. The second-order valence-corrected chi connectivity index (χ2v) is 6.99. The van der Waals surface area contributed by atoms with Crippen molar-refractivity contribution < 1.29 is 8.42 Å². The Kier molecular flexibility index (Phi) is 4.91. The number of hydrogen-bond acceptors (Lipinski definition) is 3. The average molecular weight is 355 g/mol. The van der Waals surface area contributed by atoms with E-state index in [1.807, 2.05) is 25.1 Å². The molecule has 0 atom stereocenters. The predicted octanol–water partition coefficient (Wildman–Crippen LogP) is 2.67. The highest BCUT2D eigenvalue weighted by Gasteiger charge is 2.16. The number of halogens is 1. The Morgan fingerprint density at radius 1 is 1.25 bits per heavy atom. The monoisotopic (exact) mass is 354 g/mol. The van der Waals surface area contributed by atoms with Gasteiger partial charge in [-0.1, -0.05) is 12.1 Å². The van der Waals surface area contributed by atoms with Gasteiger partial charge in [0.2, 0.25) is 10.0 Å². The summed E-state index contributed by atoms with van der Waals surface area (Å²) in [6, 6.07) is 10.7. The van der Waals surface area contributed by atoms with Crippen LogP contribution in [0.4, 0.5) is 0 Å². The summed E-state index contributed by atoms with van der Waals surface area (Å²) in [5.74, 6) is 0. The van der Waals surface area contributed by atoms with Crippen molar-refractivity contribution in [2.45, 2.75) is 18.2 Å². The first kappa shape index (κ1) is 15.2. The zero-order chi connectivity index (χ0) is 14.6. The lowest BCUT2D eigenvalue weighted by atomic mass is 10.2. The van der Waals surface area contributed by atoms with Crippen molar-refractivity contribution in [2.75, 3.05) is 6.54 Å². The van der Waals surface area contributed by atoms with Gasteiger partial charge in [0.25, 0.3) is 0 Å². The zero-order valence-corrected chi connectivity index (χ0v) is 13.4. The SMILES string of the molecule is Cc1ccc(S(=O)(=O)NCCc2ccccn2)c(Br)c1. The number of aromatic nitrogens is 1. The largest absolute Gasteiger partial charge is 0.261 e. The Morgan fingerprint density at radius 3 is 2.70 bits per heavy atom. The number of aryl methyl sites for hydroxylation is 1. The molecule has 2 aromatic rings. The summed E-state index contributed by atoms with van der Waals surface area (Å²) in [7, 11) is -3.50. The normalized spacial score (nSPS) is 11.5. The molecule has 0 bridgehead atoms. The van der Waals surface area contributed by atoms with E-state index in [4.69, 9.17) is 0 Å². The maximum Gasteiger partial charge on any atom is 0.241 e. The standard InChI is InChI=1S/C14H15BrN2O2S/c1-11-5-6-14(13(15)10-11)20(18,19)17-9-7-12-4-2-3-8-16-12/h2-6,8,10,17H,7,9H2,1H3. The highest BCUT2D eigenvalue weighted by atomic mass is 79.9. The van der Waals surface area contributed by atoms with Gasteiger partial charge in [0, 0.05) is 29.3 Å². The van der Waals surface area contributed by atoms with Gasteiger partial charge in [-0.15, -0.1) is 0 Å². The molecule has 0 saturated carbocycles. The fourth-order valence-electron chi connectivity index (χ4n) is 1.76. The molecule has 106 valence electrons. The summed E-state index contributed by atoms with van der Waals surface area (Å²) < 4.78 is 27.5. The Bertz CT molecular complexity index is 688. The van der Waals surface area contributed by atoms with E-state index in [2.05, 4.69) is 25.6 Å². The lowest BCUT2D eigenvalue weighted by Crippen LogP contribution is -2.26. The third-order valence-electron chi connectivity index (χ3n) is 2.78. The first-order valence-corrected chi connectivity index (χ1v) is 8.42. The van der Waals surface area contributed by atoms with Crippen molar-refractivity contribution in [1.82, 2.24) is 9.71 Å². The fourth-order valence-corrected chi connectivity index (χ4v) is 3.98. The Hall–Kier alpha value is -1.24. The van der Waals surface area contributed by atoms with Crippen LogP contribution in [0, 0.1) is 6.92 Å². The molecule has 1 aromatic carbocycles. The number of pyridine rings is 1. The van der Waals surface area contributed by atoms with Crippen LogP contribution in [0.3, 0.4) is 0 Å². The Morgan fingerprint density at radius 2 is 2.05 bits per heavy atom. The van der Waals surface area contributed by atoms with E-state index in [1.54, 1.807) is 24.4 Å². The minimum absolute atomic E-state index is 0.254. The van der Waals surface area contributed by atoms with Gasteiger partial charge in [0.05, 0.1) is 4.90 Å². The molecule has 0 aliphatic rings. The molecular weight excluding hydrogens is 340 g/mol. The highest BCUT2D eigenvalue weighted by Crippen LogP contribution is 2.22. The number of sulfonamides is 1. The smallest absolute Gasteiger partial charge is 0.241 e. The van der Waals surface area contributed by atoms with Crippen LogP contribution in [0.2, 0.25) is 0 Å². The summed E-state index contributed by atoms with van der Waals surface area (Å²) >= 11 is 3.29. The summed E-state index contributed by atoms with van der Waals surface area (Å²) in [5.41, 5.74) is 1.86. The van der Waals surface area contributed by atoms with E-state index >= 15 is 0 Å². The first-order valence-electron chi connectivity index (χ1n) is 6.15. The van der Waals surface area contributed by atoms with E-state index in [9.17, 15) is 8.42 Å². The quantitative estimate of drug-likeness (QED) is 0.897. The van der Waals surface area contributed by atoms with Gasteiger partial charge in [-0.05, 0) is 52.7 Å². The second-order valence-electron chi connectivity index (χ2n) is 4.40. The van der Waals surface area contributed by atoms with Crippen LogP contribution in [-0.2, 0) is 16.4 Å². The van der Waals surface area contributed by atoms with Gasteiger partial charge in [0.1, 0.15) is 0 Å². The van der Waals surface area contributed by atoms with Crippen molar-refractivity contribution in [3.8, 4) is 0 Å². The molecule has 0 saturated heterocycles. The van der Waals surface area contributed by atoms with Crippen LogP contribution in [0.25, 0.3) is 0 Å². The topological polar surface area (TPSA) is 59.1 Å². The molecule has 4 nitrogen and oxygen atoms in total. The van der Waals surface area contributed by atoms with Crippen LogP contribution >= 0.6 is 15.9 Å². The molecule has 0 aliphatic heterocycles. The van der Waals surface area contributed by atoms with Gasteiger partial charge in [-0.3, -0.25) is 4.98 Å². The van der Waals surface area contributed by atoms with Crippen LogP contribution in [0.1, 0.15) is 11.3 Å². The molecule has 0 radical (unpaired) electrons. The lowest BCUT2D eigenvalue weighted by molar-refractivity contribution is 0.581. The van der Waals surface area contributed by atoms with Crippen molar-refractivity contribution in [3.05, 3.63) is 58.3 Å². The molecule has 2 rings (SSSR count). The number of hydrogen-bond donors (Lipinski definition) is 1. The molecular formula is C14H15BrN2O2S. The summed E-state index contributed by atoms with van der Waals surface area (Å²) in [6.45, 7) is 2.23. The molecule has 0 amide bonds. The number of nitrogens with zero attached hydrogens (tertiary/aromatic N) is 1. The molecule has 0 aliphatic carbocycles. The summed E-state index contributed by atoms with van der Waals surface area (Å²) in [5, 5.41) is 0. The van der Waals surface area contributed by atoms with E-state index in [1.165, 1.54) is 0 Å². The Balaban J connectivity index is 2.04.